The van der Waals surface area contributed by atoms with E-state index in [0.717, 1.165) is 12.1 Å². The third kappa shape index (κ3) is 7.47. The molecule has 0 saturated heterocycles. The summed E-state index contributed by atoms with van der Waals surface area (Å²) in [5.74, 6) is -2.38. The van der Waals surface area contributed by atoms with Crippen LogP contribution in [0.2, 0.25) is 0 Å². The van der Waals surface area contributed by atoms with Crippen molar-refractivity contribution in [1.29, 1.82) is 5.41 Å². The van der Waals surface area contributed by atoms with Crippen LogP contribution in [0.25, 0.3) is 0 Å². The second-order valence-electron chi connectivity index (χ2n) is 7.02. The second kappa shape index (κ2) is 11.1. The number of carbonyl (C=O) groups is 3. The monoisotopic (exact) mass is 478 g/mol. The number of allylic oxidation sites excluding steroid dienone is 1. The first-order valence-electron chi connectivity index (χ1n) is 9.74. The normalized spacial score (nSPS) is 11.8. The van der Waals surface area contributed by atoms with Gasteiger partial charge >= 0.3 is 12.1 Å². The first-order chi connectivity index (χ1) is 15.9. The Bertz CT molecular complexity index is 1110. The summed E-state index contributed by atoms with van der Waals surface area (Å²) >= 11 is 0. The predicted octanol–water partition coefficient (Wildman–Crippen LogP) is 4.32. The summed E-state index contributed by atoms with van der Waals surface area (Å²) in [5, 5.41) is 19.7. The maximum absolute atomic E-state index is 12.7. The minimum atomic E-state index is -4.54. The van der Waals surface area contributed by atoms with Gasteiger partial charge in [0.1, 0.15) is 18.1 Å². The average molecular weight is 478 g/mol. The molecule has 0 saturated carbocycles. The van der Waals surface area contributed by atoms with Crippen molar-refractivity contribution >= 4 is 29.1 Å². The van der Waals surface area contributed by atoms with Gasteiger partial charge in [0, 0.05) is 11.4 Å². The molecule has 0 bridgehead atoms. The Morgan fingerprint density at radius 2 is 1.68 bits per heavy atom. The number of rotatable bonds is 9. The lowest BCUT2D eigenvalue weighted by Gasteiger charge is -2.11. The number of carbonyl (C=O) groups excluding carboxylic acids is 3. The Balaban J connectivity index is 1.91. The number of ether oxygens (including phenoxy) is 2. The van der Waals surface area contributed by atoms with Crippen LogP contribution < -0.4 is 10.1 Å². The van der Waals surface area contributed by atoms with Crippen LogP contribution in [0.4, 0.5) is 18.9 Å². The molecule has 0 aliphatic rings. The Morgan fingerprint density at radius 1 is 1.03 bits per heavy atom. The van der Waals surface area contributed by atoms with Crippen molar-refractivity contribution in [1.82, 2.24) is 0 Å². The maximum atomic E-state index is 12.7. The molecule has 11 heteroatoms. The van der Waals surface area contributed by atoms with Crippen LogP contribution in [-0.2, 0) is 20.5 Å². The fourth-order valence-electron chi connectivity index (χ4n) is 2.78. The number of alkyl halides is 3. The number of hydrogen-bond donors (Lipinski definition) is 3. The fraction of sp³-hybridized carbons (Fsp3) is 0.217. The molecule has 0 atom stereocenters. The van der Waals surface area contributed by atoms with Gasteiger partial charge in [-0.25, -0.2) is 4.79 Å². The molecule has 0 heterocycles. The number of Topliss-reactive ketones (excluding diaryl/α,β-unsaturated/α-hetero) is 1. The summed E-state index contributed by atoms with van der Waals surface area (Å²) in [6.45, 7) is 1.39. The van der Waals surface area contributed by atoms with Gasteiger partial charge < -0.3 is 25.3 Å². The lowest BCUT2D eigenvalue weighted by atomic mass is 10.1. The molecular formula is C23H21F3N2O6. The van der Waals surface area contributed by atoms with E-state index in [-0.39, 0.29) is 28.3 Å². The first kappa shape index (κ1) is 26.1. The van der Waals surface area contributed by atoms with Gasteiger partial charge in [0.2, 0.25) is 0 Å². The Kier molecular flexibility index (Phi) is 8.54. The average Bonchev–Trinajstić information content (AvgIpc) is 2.75. The molecule has 180 valence electrons. The van der Waals surface area contributed by atoms with Crippen molar-refractivity contribution in [2.75, 3.05) is 18.5 Å². The molecule has 0 unspecified atom stereocenters. The van der Waals surface area contributed by atoms with E-state index in [1.54, 1.807) is 0 Å². The lowest BCUT2D eigenvalue weighted by Crippen LogP contribution is -2.20. The van der Waals surface area contributed by atoms with Crippen LogP contribution in [0, 0.1) is 5.41 Å². The number of hydrogen-bond acceptors (Lipinski definition) is 7. The molecule has 0 aromatic heterocycles. The van der Waals surface area contributed by atoms with Crippen LogP contribution in [0.3, 0.4) is 0 Å². The molecule has 0 fully saturated rings. The zero-order valence-corrected chi connectivity index (χ0v) is 18.2. The number of benzene rings is 2. The quantitative estimate of drug-likeness (QED) is 0.213. The zero-order chi connectivity index (χ0) is 25.5. The highest BCUT2D eigenvalue weighted by Crippen LogP contribution is 2.30. The second-order valence-corrected chi connectivity index (χ2v) is 7.02. The molecule has 0 radical (unpaired) electrons. The predicted molar refractivity (Wildman–Crippen MR) is 116 cm³/mol. The highest BCUT2D eigenvalue weighted by Gasteiger charge is 2.30. The Morgan fingerprint density at radius 3 is 2.24 bits per heavy atom. The minimum Gasteiger partial charge on any atom is -0.508 e. The molecule has 1 amide bonds. The molecule has 8 nitrogen and oxygen atoms in total. The van der Waals surface area contributed by atoms with Gasteiger partial charge in [-0.3, -0.25) is 9.59 Å². The molecule has 2 aromatic rings. The fourth-order valence-corrected chi connectivity index (χ4v) is 2.78. The molecule has 2 aromatic carbocycles. The summed E-state index contributed by atoms with van der Waals surface area (Å²) in [4.78, 5) is 35.5. The van der Waals surface area contributed by atoms with E-state index < -0.39 is 48.4 Å². The van der Waals surface area contributed by atoms with Gasteiger partial charge in [-0.2, -0.15) is 13.2 Å². The molecule has 0 aliphatic carbocycles. The van der Waals surface area contributed by atoms with Crippen LogP contribution in [0.15, 0.2) is 59.9 Å². The number of ketones is 1. The van der Waals surface area contributed by atoms with Crippen LogP contribution in [0.5, 0.6) is 5.75 Å². The van der Waals surface area contributed by atoms with Gasteiger partial charge in [0.25, 0.3) is 5.91 Å². The van der Waals surface area contributed by atoms with Gasteiger partial charge in [0.15, 0.2) is 12.4 Å². The molecular weight excluding hydrogens is 457 g/mol. The third-order valence-corrected chi connectivity index (χ3v) is 4.29. The lowest BCUT2D eigenvalue weighted by molar-refractivity contribution is -0.137. The number of aliphatic hydroxyl groups excluding tert-OH is 1. The maximum Gasteiger partial charge on any atom is 0.416 e. The number of aliphatic hydroxyl groups is 1. The number of nitrogens with one attached hydrogen (secondary N) is 2. The Labute approximate surface area is 192 Å². The van der Waals surface area contributed by atoms with E-state index in [1.165, 1.54) is 50.2 Å². The van der Waals surface area contributed by atoms with Gasteiger partial charge in [-0.1, -0.05) is 6.07 Å². The highest BCUT2D eigenvalue weighted by atomic mass is 19.4. The third-order valence-electron chi connectivity index (χ3n) is 4.29. The largest absolute Gasteiger partial charge is 0.508 e. The van der Waals surface area contributed by atoms with E-state index >= 15 is 0 Å². The van der Waals surface area contributed by atoms with E-state index in [4.69, 9.17) is 14.9 Å². The van der Waals surface area contributed by atoms with Gasteiger partial charge in [-0.05, 0) is 56.3 Å². The van der Waals surface area contributed by atoms with Gasteiger partial charge in [-0.15, -0.1) is 0 Å². The van der Waals surface area contributed by atoms with Crippen molar-refractivity contribution in [3.63, 3.8) is 0 Å². The van der Waals surface area contributed by atoms with Crippen molar-refractivity contribution in [2.24, 2.45) is 0 Å². The minimum absolute atomic E-state index is 0.0371. The number of anilines is 1. The van der Waals surface area contributed by atoms with E-state index in [1.807, 2.05) is 0 Å². The molecule has 0 spiro atoms. The van der Waals surface area contributed by atoms with Crippen LogP contribution in [-0.4, -0.2) is 41.7 Å². The Hall–Kier alpha value is -4.15. The molecule has 34 heavy (non-hydrogen) atoms. The summed E-state index contributed by atoms with van der Waals surface area (Å²) in [6.07, 6.45) is -4.54. The van der Waals surface area contributed by atoms with Crippen molar-refractivity contribution < 1.29 is 42.1 Å². The zero-order valence-electron chi connectivity index (χ0n) is 18.2. The summed E-state index contributed by atoms with van der Waals surface area (Å²) in [7, 11) is 0. The number of esters is 1. The number of halogens is 3. The standard InChI is InChI=1S/C23H21F3N2O6/c1-13(27)21(14(2)29)19(30)11-34-22(32)15-6-8-18(9-7-15)33-12-20(31)28-17-5-3-4-16(10-17)23(24,25)26/h3-10,27,30H,11-12H2,1-2H3,(H,28,31)/b21-19-,27-13?. The SMILES string of the molecule is CC(=N)/C(C(C)=O)=C(/O)COC(=O)c1ccc(OCC(=O)Nc2cccc(C(F)(F)F)c2)cc1. The van der Waals surface area contributed by atoms with E-state index in [0.29, 0.717) is 0 Å². The molecule has 0 aliphatic heterocycles. The van der Waals surface area contributed by atoms with Crippen molar-refractivity contribution in [3.05, 3.63) is 71.0 Å². The van der Waals surface area contributed by atoms with E-state index in [9.17, 15) is 32.7 Å². The molecule has 2 rings (SSSR count). The van der Waals surface area contributed by atoms with Gasteiger partial charge in [0.05, 0.1) is 16.7 Å². The summed E-state index contributed by atoms with van der Waals surface area (Å²) in [6, 6.07) is 9.55. The summed E-state index contributed by atoms with van der Waals surface area (Å²) in [5.41, 5.74) is -1.25. The van der Waals surface area contributed by atoms with E-state index in [2.05, 4.69) is 5.32 Å². The highest BCUT2D eigenvalue weighted by molar-refractivity contribution is 6.20. The summed E-state index contributed by atoms with van der Waals surface area (Å²) < 4.78 is 48.4. The van der Waals surface area contributed by atoms with Crippen LogP contribution in [0.1, 0.15) is 29.8 Å². The smallest absolute Gasteiger partial charge is 0.416 e. The van der Waals surface area contributed by atoms with Crippen LogP contribution >= 0.6 is 0 Å². The van der Waals surface area contributed by atoms with Crippen molar-refractivity contribution in [2.45, 2.75) is 20.0 Å². The first-order valence-corrected chi connectivity index (χ1v) is 9.74. The van der Waals surface area contributed by atoms with Crippen molar-refractivity contribution in [3.8, 4) is 5.75 Å². The topological polar surface area (TPSA) is 126 Å². The number of amides is 1. The molecule has 3 N–H and O–H groups in total.